The number of carbonyl (C=O) groups excluding carboxylic acids is 1. The number of imidazole rings is 1. The van der Waals surface area contributed by atoms with Crippen LogP contribution in [0.5, 0.6) is 0 Å². The summed E-state index contributed by atoms with van der Waals surface area (Å²) in [5.41, 5.74) is 1.17. The molecule has 0 aliphatic heterocycles. The molecule has 0 aliphatic carbocycles. The number of nitrogens with zero attached hydrogens (tertiary/aromatic N) is 3. The highest BCUT2D eigenvalue weighted by atomic mass is 127. The maximum absolute atomic E-state index is 10.4. The molecule has 2 heterocycles. The Bertz CT molecular complexity index is 437. The van der Waals surface area contributed by atoms with Crippen LogP contribution in [0.2, 0.25) is 0 Å². The fourth-order valence-corrected chi connectivity index (χ4v) is 1.49. The highest BCUT2D eigenvalue weighted by molar-refractivity contribution is 14.1. The summed E-state index contributed by atoms with van der Waals surface area (Å²) in [5, 5.41) is 0. The van der Waals surface area contributed by atoms with Gasteiger partial charge in [0.2, 0.25) is 0 Å². The van der Waals surface area contributed by atoms with E-state index in [1.54, 1.807) is 16.8 Å². The molecule has 0 N–H and O–H groups in total. The molecule has 0 saturated heterocycles. The molecule has 0 bridgehead atoms. The second-order valence-electron chi connectivity index (χ2n) is 2.26. The molecule has 5 heteroatoms. The minimum absolute atomic E-state index is 0.413. The van der Waals surface area contributed by atoms with Crippen LogP contribution in [-0.2, 0) is 0 Å². The third-order valence-corrected chi connectivity index (χ3v) is 1.97. The van der Waals surface area contributed by atoms with Gasteiger partial charge in [-0.05, 0) is 22.6 Å². The minimum atomic E-state index is 0.413. The van der Waals surface area contributed by atoms with E-state index in [0.29, 0.717) is 12.0 Å². The molecule has 12 heavy (non-hydrogen) atoms. The van der Waals surface area contributed by atoms with Gasteiger partial charge in [0, 0.05) is 12.4 Å². The number of fused-ring (bicyclic) bond motifs is 1. The van der Waals surface area contributed by atoms with E-state index < -0.39 is 0 Å². The van der Waals surface area contributed by atoms with Crippen LogP contribution < -0.4 is 0 Å². The number of hydrogen-bond acceptors (Lipinski definition) is 3. The van der Waals surface area contributed by atoms with Crippen molar-refractivity contribution in [1.82, 2.24) is 14.4 Å². The van der Waals surface area contributed by atoms with Crippen molar-refractivity contribution in [3.05, 3.63) is 28.0 Å². The Morgan fingerprint density at radius 3 is 3.08 bits per heavy atom. The molecule has 0 radical (unpaired) electrons. The fraction of sp³-hybridized carbons (Fsp3) is 0. The van der Waals surface area contributed by atoms with Crippen LogP contribution in [0, 0.1) is 3.70 Å². The Morgan fingerprint density at radius 2 is 2.33 bits per heavy atom. The molecule has 0 saturated carbocycles. The molecule has 2 rings (SSSR count). The quantitative estimate of drug-likeness (QED) is 0.578. The van der Waals surface area contributed by atoms with Crippen LogP contribution >= 0.6 is 22.6 Å². The van der Waals surface area contributed by atoms with E-state index >= 15 is 0 Å². The van der Waals surface area contributed by atoms with E-state index in [2.05, 4.69) is 32.6 Å². The van der Waals surface area contributed by atoms with Crippen LogP contribution in [0.1, 0.15) is 10.5 Å². The summed E-state index contributed by atoms with van der Waals surface area (Å²) in [7, 11) is 0. The van der Waals surface area contributed by atoms with Crippen molar-refractivity contribution in [3.63, 3.8) is 0 Å². The molecular formula is C7H4IN3O. The van der Waals surface area contributed by atoms with E-state index in [4.69, 9.17) is 0 Å². The molecule has 4 nitrogen and oxygen atoms in total. The SMILES string of the molecule is O=Cc1cn2cc(I)nc2cn1. The van der Waals surface area contributed by atoms with Crippen LogP contribution in [-0.4, -0.2) is 20.7 Å². The van der Waals surface area contributed by atoms with Gasteiger partial charge in [-0.25, -0.2) is 9.97 Å². The van der Waals surface area contributed by atoms with E-state index in [1.165, 1.54) is 0 Å². The van der Waals surface area contributed by atoms with Gasteiger partial charge in [-0.15, -0.1) is 0 Å². The highest BCUT2D eigenvalue weighted by Gasteiger charge is 1.99. The van der Waals surface area contributed by atoms with Crippen LogP contribution in [0.15, 0.2) is 18.6 Å². The number of hydrogen-bond donors (Lipinski definition) is 0. The lowest BCUT2D eigenvalue weighted by atomic mass is 10.5. The minimum Gasteiger partial charge on any atom is -0.302 e. The van der Waals surface area contributed by atoms with Crippen LogP contribution in [0.25, 0.3) is 5.65 Å². The Balaban J connectivity index is 2.74. The summed E-state index contributed by atoms with van der Waals surface area (Å²) in [4.78, 5) is 18.4. The monoisotopic (exact) mass is 273 g/mol. The zero-order valence-electron chi connectivity index (χ0n) is 5.94. The third-order valence-electron chi connectivity index (χ3n) is 1.45. The topological polar surface area (TPSA) is 47.3 Å². The normalized spacial score (nSPS) is 10.4. The smallest absolute Gasteiger partial charge is 0.169 e. The predicted molar refractivity (Wildman–Crippen MR) is 51.1 cm³/mol. The van der Waals surface area contributed by atoms with Crippen molar-refractivity contribution in [1.29, 1.82) is 0 Å². The Morgan fingerprint density at radius 1 is 1.50 bits per heavy atom. The molecule has 2 aromatic rings. The number of halogens is 1. The van der Waals surface area contributed by atoms with E-state index in [1.807, 2.05) is 6.20 Å². The Labute approximate surface area is 81.8 Å². The van der Waals surface area contributed by atoms with Crippen LogP contribution in [0.3, 0.4) is 0 Å². The van der Waals surface area contributed by atoms with Crippen molar-refractivity contribution < 1.29 is 4.79 Å². The lowest BCUT2D eigenvalue weighted by Crippen LogP contribution is -1.91. The van der Waals surface area contributed by atoms with Gasteiger partial charge in [-0.3, -0.25) is 4.79 Å². The molecule has 0 aliphatic rings. The standard InChI is InChI=1S/C7H4IN3O/c8-6-3-11-2-5(4-12)9-1-7(11)10-6/h1-4H. The molecule has 60 valence electrons. The van der Waals surface area contributed by atoms with Crippen molar-refractivity contribution >= 4 is 34.5 Å². The predicted octanol–water partition coefficient (Wildman–Crippen LogP) is 1.15. The molecule has 0 aromatic carbocycles. The van der Waals surface area contributed by atoms with Gasteiger partial charge >= 0.3 is 0 Å². The first-order valence-corrected chi connectivity index (χ1v) is 4.33. The van der Waals surface area contributed by atoms with Crippen molar-refractivity contribution in [3.8, 4) is 0 Å². The van der Waals surface area contributed by atoms with Gasteiger partial charge in [0.1, 0.15) is 9.39 Å². The van der Waals surface area contributed by atoms with Crippen molar-refractivity contribution in [2.24, 2.45) is 0 Å². The maximum atomic E-state index is 10.4. The molecule has 0 unspecified atom stereocenters. The molecule has 0 amide bonds. The van der Waals surface area contributed by atoms with Gasteiger partial charge in [0.05, 0.1) is 6.20 Å². The van der Waals surface area contributed by atoms with E-state index in [0.717, 1.165) is 9.35 Å². The first kappa shape index (κ1) is 7.66. The average Bonchev–Trinajstić information content (AvgIpc) is 2.43. The summed E-state index contributed by atoms with van der Waals surface area (Å²) < 4.78 is 2.66. The zero-order valence-corrected chi connectivity index (χ0v) is 8.09. The van der Waals surface area contributed by atoms with Crippen molar-refractivity contribution in [2.75, 3.05) is 0 Å². The average molecular weight is 273 g/mol. The highest BCUT2D eigenvalue weighted by Crippen LogP contribution is 2.05. The summed E-state index contributed by atoms with van der Waals surface area (Å²) in [5.74, 6) is 0. The number of aromatic nitrogens is 3. The summed E-state index contributed by atoms with van der Waals surface area (Å²) in [6.45, 7) is 0. The lowest BCUT2D eigenvalue weighted by molar-refractivity contribution is 0.111. The number of rotatable bonds is 1. The van der Waals surface area contributed by atoms with E-state index in [-0.39, 0.29) is 0 Å². The molecule has 2 aromatic heterocycles. The molecular weight excluding hydrogens is 269 g/mol. The van der Waals surface area contributed by atoms with Crippen LogP contribution in [0.4, 0.5) is 0 Å². The number of aldehydes is 1. The van der Waals surface area contributed by atoms with Gasteiger partial charge in [-0.2, -0.15) is 0 Å². The van der Waals surface area contributed by atoms with Gasteiger partial charge in [0.25, 0.3) is 0 Å². The second kappa shape index (κ2) is 2.81. The Hall–Kier alpha value is -0.980. The largest absolute Gasteiger partial charge is 0.302 e. The number of carbonyl (C=O) groups is 1. The first-order valence-electron chi connectivity index (χ1n) is 3.25. The summed E-state index contributed by atoms with van der Waals surface area (Å²) in [6.07, 6.45) is 5.78. The molecule has 0 atom stereocenters. The van der Waals surface area contributed by atoms with Gasteiger partial charge in [0.15, 0.2) is 11.9 Å². The zero-order chi connectivity index (χ0) is 8.55. The molecule has 0 spiro atoms. The van der Waals surface area contributed by atoms with E-state index in [9.17, 15) is 4.79 Å². The van der Waals surface area contributed by atoms with Crippen molar-refractivity contribution in [2.45, 2.75) is 0 Å². The first-order chi connectivity index (χ1) is 5.79. The third kappa shape index (κ3) is 1.20. The second-order valence-corrected chi connectivity index (χ2v) is 3.36. The Kier molecular flexibility index (Phi) is 1.80. The van der Waals surface area contributed by atoms with Gasteiger partial charge < -0.3 is 4.40 Å². The maximum Gasteiger partial charge on any atom is 0.169 e. The lowest BCUT2D eigenvalue weighted by Gasteiger charge is -1.91. The van der Waals surface area contributed by atoms with Gasteiger partial charge in [-0.1, -0.05) is 0 Å². The fourth-order valence-electron chi connectivity index (χ4n) is 0.945. The summed E-state index contributed by atoms with van der Waals surface area (Å²) in [6, 6.07) is 0. The molecule has 0 fully saturated rings. The summed E-state index contributed by atoms with van der Waals surface area (Å²) >= 11 is 2.11.